The summed E-state index contributed by atoms with van der Waals surface area (Å²) >= 11 is 0. The van der Waals surface area contributed by atoms with Crippen molar-refractivity contribution in [3.05, 3.63) is 0 Å². The highest BCUT2D eigenvalue weighted by Gasteiger charge is 2.43. The maximum atomic E-state index is 11.5. The lowest BCUT2D eigenvalue weighted by molar-refractivity contribution is -0.153. The van der Waals surface area contributed by atoms with Crippen molar-refractivity contribution in [1.29, 1.82) is 0 Å². The first-order valence-corrected chi connectivity index (χ1v) is 8.25. The molecule has 2 fully saturated rings. The Kier molecular flexibility index (Phi) is 4.48. The summed E-state index contributed by atoms with van der Waals surface area (Å²) in [5.41, 5.74) is -0.0132. The third kappa shape index (κ3) is 3.19. The van der Waals surface area contributed by atoms with E-state index in [0.717, 1.165) is 38.3 Å². The molecular formula is C17H31NO2. The molecule has 0 amide bonds. The van der Waals surface area contributed by atoms with Gasteiger partial charge in [0.15, 0.2) is 0 Å². The number of carboxylic acids is 1. The molecule has 0 radical (unpaired) electrons. The van der Waals surface area contributed by atoms with E-state index in [-0.39, 0.29) is 0 Å². The molecule has 0 aromatic carbocycles. The smallest absolute Gasteiger partial charge is 0.309 e. The van der Waals surface area contributed by atoms with Crippen LogP contribution >= 0.6 is 0 Å². The van der Waals surface area contributed by atoms with Crippen LogP contribution in [0.1, 0.15) is 66.2 Å². The lowest BCUT2D eigenvalue weighted by Crippen LogP contribution is -2.50. The Morgan fingerprint density at radius 2 is 1.85 bits per heavy atom. The first-order chi connectivity index (χ1) is 9.28. The first kappa shape index (κ1) is 15.8. The predicted molar refractivity (Wildman–Crippen MR) is 81.8 cm³/mol. The molecule has 1 aliphatic heterocycles. The van der Waals surface area contributed by atoms with Crippen LogP contribution in [-0.4, -0.2) is 35.1 Å². The minimum atomic E-state index is -0.586. The zero-order valence-corrected chi connectivity index (χ0v) is 13.6. The van der Waals surface area contributed by atoms with E-state index in [1.165, 1.54) is 19.3 Å². The largest absolute Gasteiger partial charge is 0.481 e. The molecule has 0 bridgehead atoms. The molecule has 1 heterocycles. The fourth-order valence-electron chi connectivity index (χ4n) is 4.61. The number of nitrogens with zero attached hydrogens (tertiary/aromatic N) is 1. The number of piperidine rings is 1. The molecule has 2 atom stereocenters. The number of hydrogen-bond donors (Lipinski definition) is 1. The third-order valence-electron chi connectivity index (χ3n) is 5.77. The van der Waals surface area contributed by atoms with Gasteiger partial charge < -0.3 is 10.0 Å². The monoisotopic (exact) mass is 281 g/mol. The van der Waals surface area contributed by atoms with Gasteiger partial charge in [0.05, 0.1) is 5.41 Å². The average molecular weight is 281 g/mol. The van der Waals surface area contributed by atoms with Crippen molar-refractivity contribution in [3.63, 3.8) is 0 Å². The van der Waals surface area contributed by atoms with Crippen molar-refractivity contribution >= 4 is 5.97 Å². The SMILES string of the molecule is CCC1(C(=O)O)CCN(C2CC(C)CC(C)(C)C2)CC1. The highest BCUT2D eigenvalue weighted by molar-refractivity contribution is 5.74. The van der Waals surface area contributed by atoms with Gasteiger partial charge in [-0.25, -0.2) is 0 Å². The standard InChI is InChI=1S/C17H31NO2/c1-5-17(15(19)20)6-8-18(9-7-17)14-10-13(2)11-16(3,4)12-14/h13-14H,5-12H2,1-4H3,(H,19,20). The molecule has 3 heteroatoms. The zero-order chi connectivity index (χ0) is 15.0. The third-order valence-corrected chi connectivity index (χ3v) is 5.77. The molecule has 1 aliphatic carbocycles. The number of carbonyl (C=O) groups is 1. The molecule has 2 rings (SSSR count). The van der Waals surface area contributed by atoms with E-state index in [9.17, 15) is 9.90 Å². The van der Waals surface area contributed by atoms with Crippen LogP contribution in [-0.2, 0) is 4.79 Å². The molecule has 0 spiro atoms. The van der Waals surface area contributed by atoms with Crippen LogP contribution in [0.4, 0.5) is 0 Å². The van der Waals surface area contributed by atoms with Gasteiger partial charge in [0.1, 0.15) is 0 Å². The van der Waals surface area contributed by atoms with Crippen LogP contribution in [0.15, 0.2) is 0 Å². The van der Waals surface area contributed by atoms with Gasteiger partial charge in [-0.3, -0.25) is 4.79 Å². The van der Waals surface area contributed by atoms with Gasteiger partial charge in [0.25, 0.3) is 0 Å². The summed E-state index contributed by atoms with van der Waals surface area (Å²) in [6, 6.07) is 0.664. The van der Waals surface area contributed by atoms with E-state index < -0.39 is 11.4 Å². The van der Waals surface area contributed by atoms with Gasteiger partial charge in [-0.2, -0.15) is 0 Å². The van der Waals surface area contributed by atoms with Crippen LogP contribution in [0.5, 0.6) is 0 Å². The van der Waals surface area contributed by atoms with Crippen molar-refractivity contribution in [3.8, 4) is 0 Å². The summed E-state index contributed by atoms with van der Waals surface area (Å²) in [4.78, 5) is 14.1. The van der Waals surface area contributed by atoms with Gasteiger partial charge >= 0.3 is 5.97 Å². The van der Waals surface area contributed by atoms with Crippen molar-refractivity contribution in [2.75, 3.05) is 13.1 Å². The van der Waals surface area contributed by atoms with E-state index in [2.05, 4.69) is 25.7 Å². The van der Waals surface area contributed by atoms with Crippen LogP contribution in [0, 0.1) is 16.7 Å². The number of aliphatic carboxylic acids is 1. The lowest BCUT2D eigenvalue weighted by Gasteiger charge is -2.47. The normalized spacial score (nSPS) is 33.8. The Morgan fingerprint density at radius 1 is 1.25 bits per heavy atom. The lowest BCUT2D eigenvalue weighted by atomic mass is 9.69. The van der Waals surface area contributed by atoms with Gasteiger partial charge in [-0.05, 0) is 62.9 Å². The molecule has 1 saturated heterocycles. The number of likely N-dealkylation sites (tertiary alicyclic amines) is 1. The molecule has 20 heavy (non-hydrogen) atoms. The number of hydrogen-bond acceptors (Lipinski definition) is 2. The van der Waals surface area contributed by atoms with Crippen molar-refractivity contribution in [1.82, 2.24) is 4.90 Å². The number of carboxylic acid groups (broad SMARTS) is 1. The van der Waals surface area contributed by atoms with Crippen LogP contribution < -0.4 is 0 Å². The molecule has 1 saturated carbocycles. The second-order valence-electron chi connectivity index (χ2n) is 8.04. The van der Waals surface area contributed by atoms with Crippen molar-refractivity contribution < 1.29 is 9.90 Å². The minimum absolute atomic E-state index is 0.439. The highest BCUT2D eigenvalue weighted by atomic mass is 16.4. The molecular weight excluding hydrogens is 250 g/mol. The van der Waals surface area contributed by atoms with Crippen LogP contribution in [0.2, 0.25) is 0 Å². The zero-order valence-electron chi connectivity index (χ0n) is 13.6. The van der Waals surface area contributed by atoms with Gasteiger partial charge in [0.2, 0.25) is 0 Å². The summed E-state index contributed by atoms with van der Waals surface area (Å²) < 4.78 is 0. The Bertz CT molecular complexity index is 356. The summed E-state index contributed by atoms with van der Waals surface area (Å²) in [6.07, 6.45) is 6.29. The molecule has 2 unspecified atom stereocenters. The summed E-state index contributed by atoms with van der Waals surface area (Å²) in [5.74, 6) is 0.207. The molecule has 0 aromatic rings. The van der Waals surface area contributed by atoms with E-state index in [1.54, 1.807) is 0 Å². The van der Waals surface area contributed by atoms with E-state index in [0.29, 0.717) is 11.5 Å². The van der Waals surface area contributed by atoms with E-state index >= 15 is 0 Å². The molecule has 3 nitrogen and oxygen atoms in total. The van der Waals surface area contributed by atoms with Crippen molar-refractivity contribution in [2.24, 2.45) is 16.7 Å². The highest BCUT2D eigenvalue weighted by Crippen LogP contribution is 2.43. The van der Waals surface area contributed by atoms with Gasteiger partial charge in [-0.1, -0.05) is 27.7 Å². The predicted octanol–water partition coefficient (Wildman–Crippen LogP) is 3.78. The topological polar surface area (TPSA) is 40.5 Å². The fourth-order valence-corrected chi connectivity index (χ4v) is 4.61. The Labute approximate surface area is 123 Å². The fraction of sp³-hybridized carbons (Fsp3) is 0.941. The van der Waals surface area contributed by atoms with Gasteiger partial charge in [-0.15, -0.1) is 0 Å². The molecule has 1 N–H and O–H groups in total. The maximum Gasteiger partial charge on any atom is 0.309 e. The second-order valence-corrected chi connectivity index (χ2v) is 8.04. The van der Waals surface area contributed by atoms with Gasteiger partial charge in [0, 0.05) is 6.04 Å². The van der Waals surface area contributed by atoms with E-state index in [1.807, 2.05) is 6.92 Å². The average Bonchev–Trinajstić information content (AvgIpc) is 2.36. The maximum absolute atomic E-state index is 11.5. The Balaban J connectivity index is 1.98. The summed E-state index contributed by atoms with van der Waals surface area (Å²) in [5, 5.41) is 9.49. The molecule has 116 valence electrons. The number of rotatable bonds is 3. The van der Waals surface area contributed by atoms with Crippen molar-refractivity contribution in [2.45, 2.75) is 72.3 Å². The second kappa shape index (κ2) is 5.67. The summed E-state index contributed by atoms with van der Waals surface area (Å²) in [7, 11) is 0. The first-order valence-electron chi connectivity index (χ1n) is 8.25. The summed E-state index contributed by atoms with van der Waals surface area (Å²) in [6.45, 7) is 11.1. The van der Waals surface area contributed by atoms with E-state index in [4.69, 9.17) is 0 Å². The molecule has 2 aliphatic rings. The minimum Gasteiger partial charge on any atom is -0.481 e. The Hall–Kier alpha value is -0.570. The Morgan fingerprint density at radius 3 is 2.30 bits per heavy atom. The molecule has 0 aromatic heterocycles. The van der Waals surface area contributed by atoms with Crippen LogP contribution in [0.25, 0.3) is 0 Å². The van der Waals surface area contributed by atoms with Crippen LogP contribution in [0.3, 0.4) is 0 Å². The quantitative estimate of drug-likeness (QED) is 0.856.